The highest BCUT2D eigenvalue weighted by Gasteiger charge is 2.23. The predicted octanol–water partition coefficient (Wildman–Crippen LogP) is 2.69. The Bertz CT molecular complexity index is 691. The molecule has 0 bridgehead atoms. The van der Waals surface area contributed by atoms with Gasteiger partial charge in [0, 0.05) is 42.7 Å². The van der Waals surface area contributed by atoms with E-state index < -0.39 is 0 Å². The fourth-order valence-corrected chi connectivity index (χ4v) is 2.85. The molecule has 1 fully saturated rings. The summed E-state index contributed by atoms with van der Waals surface area (Å²) in [5.41, 5.74) is 0.852. The van der Waals surface area contributed by atoms with Gasteiger partial charge in [-0.1, -0.05) is 30.6 Å². The van der Waals surface area contributed by atoms with E-state index >= 15 is 0 Å². The van der Waals surface area contributed by atoms with E-state index in [0.29, 0.717) is 23.3 Å². The Balaban J connectivity index is 1.56. The van der Waals surface area contributed by atoms with Crippen molar-refractivity contribution in [1.82, 2.24) is 19.9 Å². The van der Waals surface area contributed by atoms with Crippen LogP contribution in [0.2, 0.25) is 5.02 Å². The Kier molecular flexibility index (Phi) is 5.16. The highest BCUT2D eigenvalue weighted by atomic mass is 35.5. The van der Waals surface area contributed by atoms with Gasteiger partial charge in [-0.3, -0.25) is 9.69 Å². The molecular formula is C17H21ClN4O2. The van der Waals surface area contributed by atoms with Gasteiger partial charge in [-0.05, 0) is 24.3 Å². The lowest BCUT2D eigenvalue weighted by molar-refractivity contribution is -0.136. The van der Waals surface area contributed by atoms with Gasteiger partial charge in [0.1, 0.15) is 0 Å². The van der Waals surface area contributed by atoms with Crippen molar-refractivity contribution in [2.45, 2.75) is 20.4 Å². The molecule has 1 aliphatic heterocycles. The van der Waals surface area contributed by atoms with Crippen molar-refractivity contribution >= 4 is 17.5 Å². The summed E-state index contributed by atoms with van der Waals surface area (Å²) in [6.07, 6.45) is 0. The zero-order valence-corrected chi connectivity index (χ0v) is 14.7. The molecule has 0 atom stereocenters. The third-order valence-electron chi connectivity index (χ3n) is 4.10. The molecule has 0 N–H and O–H groups in total. The fourth-order valence-electron chi connectivity index (χ4n) is 2.72. The zero-order valence-electron chi connectivity index (χ0n) is 13.9. The van der Waals surface area contributed by atoms with Gasteiger partial charge in [0.05, 0.1) is 6.54 Å². The van der Waals surface area contributed by atoms with Crippen LogP contribution in [-0.4, -0.2) is 52.0 Å². The van der Waals surface area contributed by atoms with Gasteiger partial charge >= 0.3 is 0 Å². The van der Waals surface area contributed by atoms with Crippen LogP contribution >= 0.6 is 11.6 Å². The number of amides is 1. The minimum absolute atomic E-state index is 0.0516. The van der Waals surface area contributed by atoms with Crippen molar-refractivity contribution in [2.24, 2.45) is 5.92 Å². The first-order valence-corrected chi connectivity index (χ1v) is 8.50. The summed E-state index contributed by atoms with van der Waals surface area (Å²) >= 11 is 5.89. The standard InChI is InChI=1S/C17H21ClN4O2/c1-12(2)17(23)22-9-7-21(8-10-22)11-15-19-16(24-20-15)13-3-5-14(18)6-4-13/h3-6,12H,7-11H2,1-2H3. The van der Waals surface area contributed by atoms with Crippen LogP contribution in [0.15, 0.2) is 28.8 Å². The first-order chi connectivity index (χ1) is 11.5. The SMILES string of the molecule is CC(C)C(=O)N1CCN(Cc2noc(-c3ccc(Cl)cc3)n2)CC1. The second-order valence-corrected chi connectivity index (χ2v) is 6.72. The predicted molar refractivity (Wildman–Crippen MR) is 91.4 cm³/mol. The number of rotatable bonds is 4. The Morgan fingerprint density at radius 1 is 1.21 bits per heavy atom. The molecule has 24 heavy (non-hydrogen) atoms. The highest BCUT2D eigenvalue weighted by Crippen LogP contribution is 2.20. The quantitative estimate of drug-likeness (QED) is 0.850. The van der Waals surface area contributed by atoms with E-state index in [1.165, 1.54) is 0 Å². The molecule has 0 saturated carbocycles. The van der Waals surface area contributed by atoms with Gasteiger partial charge in [-0.15, -0.1) is 0 Å². The number of carbonyl (C=O) groups is 1. The average molecular weight is 349 g/mol. The molecule has 1 aliphatic rings. The largest absolute Gasteiger partial charge is 0.340 e. The molecule has 3 rings (SSSR count). The van der Waals surface area contributed by atoms with Crippen molar-refractivity contribution in [3.8, 4) is 11.5 Å². The number of hydrogen-bond donors (Lipinski definition) is 0. The fraction of sp³-hybridized carbons (Fsp3) is 0.471. The summed E-state index contributed by atoms with van der Waals surface area (Å²) in [6, 6.07) is 7.31. The van der Waals surface area contributed by atoms with Gasteiger partial charge < -0.3 is 9.42 Å². The first kappa shape index (κ1) is 16.9. The Morgan fingerprint density at radius 2 is 1.88 bits per heavy atom. The van der Waals surface area contributed by atoms with Crippen molar-refractivity contribution in [2.75, 3.05) is 26.2 Å². The van der Waals surface area contributed by atoms with Crippen LogP contribution in [0, 0.1) is 5.92 Å². The lowest BCUT2D eigenvalue weighted by Gasteiger charge is -2.34. The van der Waals surface area contributed by atoms with E-state index in [2.05, 4.69) is 15.0 Å². The monoisotopic (exact) mass is 348 g/mol. The summed E-state index contributed by atoms with van der Waals surface area (Å²) < 4.78 is 5.33. The molecule has 2 heterocycles. The van der Waals surface area contributed by atoms with E-state index in [1.807, 2.05) is 30.9 Å². The molecule has 1 aromatic heterocycles. The summed E-state index contributed by atoms with van der Waals surface area (Å²) in [4.78, 5) is 20.6. The number of hydrogen-bond acceptors (Lipinski definition) is 5. The van der Waals surface area contributed by atoms with Crippen molar-refractivity contribution in [3.05, 3.63) is 35.1 Å². The minimum atomic E-state index is 0.0516. The van der Waals surface area contributed by atoms with Crippen LogP contribution in [0.5, 0.6) is 0 Å². The molecule has 128 valence electrons. The minimum Gasteiger partial charge on any atom is -0.340 e. The highest BCUT2D eigenvalue weighted by molar-refractivity contribution is 6.30. The van der Waals surface area contributed by atoms with Crippen LogP contribution < -0.4 is 0 Å². The average Bonchev–Trinajstić information content (AvgIpc) is 3.04. The summed E-state index contributed by atoms with van der Waals surface area (Å²) in [5.74, 6) is 1.42. The van der Waals surface area contributed by atoms with Crippen molar-refractivity contribution in [3.63, 3.8) is 0 Å². The Labute approximate surface area is 146 Å². The maximum Gasteiger partial charge on any atom is 0.257 e. The lowest BCUT2D eigenvalue weighted by atomic mass is 10.1. The van der Waals surface area contributed by atoms with Gasteiger partial charge in [0.15, 0.2) is 5.82 Å². The van der Waals surface area contributed by atoms with E-state index in [0.717, 1.165) is 31.7 Å². The molecule has 1 aromatic carbocycles. The number of benzene rings is 1. The van der Waals surface area contributed by atoms with Gasteiger partial charge in [0.25, 0.3) is 5.89 Å². The van der Waals surface area contributed by atoms with Gasteiger partial charge in [-0.25, -0.2) is 0 Å². The van der Waals surface area contributed by atoms with Crippen LogP contribution in [0.25, 0.3) is 11.5 Å². The molecule has 1 amide bonds. The van der Waals surface area contributed by atoms with Crippen LogP contribution in [0.1, 0.15) is 19.7 Å². The maximum absolute atomic E-state index is 12.0. The molecular weight excluding hydrogens is 328 g/mol. The number of carbonyl (C=O) groups excluding carboxylic acids is 1. The van der Waals surface area contributed by atoms with Crippen molar-refractivity contribution < 1.29 is 9.32 Å². The maximum atomic E-state index is 12.0. The van der Waals surface area contributed by atoms with E-state index in [9.17, 15) is 4.79 Å². The molecule has 7 heteroatoms. The second-order valence-electron chi connectivity index (χ2n) is 6.28. The van der Waals surface area contributed by atoms with Gasteiger partial charge in [0.2, 0.25) is 5.91 Å². The first-order valence-electron chi connectivity index (χ1n) is 8.12. The Hall–Kier alpha value is -1.92. The van der Waals surface area contributed by atoms with Crippen LogP contribution in [0.4, 0.5) is 0 Å². The smallest absolute Gasteiger partial charge is 0.257 e. The van der Waals surface area contributed by atoms with E-state index in [-0.39, 0.29) is 11.8 Å². The zero-order chi connectivity index (χ0) is 17.1. The lowest BCUT2D eigenvalue weighted by Crippen LogP contribution is -2.49. The molecule has 2 aromatic rings. The van der Waals surface area contributed by atoms with Gasteiger partial charge in [-0.2, -0.15) is 4.98 Å². The van der Waals surface area contributed by atoms with Crippen LogP contribution in [-0.2, 0) is 11.3 Å². The molecule has 1 saturated heterocycles. The number of nitrogens with zero attached hydrogens (tertiary/aromatic N) is 4. The number of halogens is 1. The molecule has 0 radical (unpaired) electrons. The third kappa shape index (κ3) is 3.94. The van der Waals surface area contributed by atoms with Crippen molar-refractivity contribution in [1.29, 1.82) is 0 Å². The van der Waals surface area contributed by atoms with E-state index in [1.54, 1.807) is 12.1 Å². The number of piperazine rings is 1. The topological polar surface area (TPSA) is 62.5 Å². The summed E-state index contributed by atoms with van der Waals surface area (Å²) in [6.45, 7) is 7.64. The molecule has 0 unspecified atom stereocenters. The molecule has 0 aliphatic carbocycles. The second kappa shape index (κ2) is 7.32. The third-order valence-corrected chi connectivity index (χ3v) is 4.35. The normalized spacial score (nSPS) is 15.9. The molecule has 0 spiro atoms. The van der Waals surface area contributed by atoms with E-state index in [4.69, 9.17) is 16.1 Å². The summed E-state index contributed by atoms with van der Waals surface area (Å²) in [5, 5.41) is 4.72. The Morgan fingerprint density at radius 3 is 2.50 bits per heavy atom. The molecule has 6 nitrogen and oxygen atoms in total. The van der Waals surface area contributed by atoms with Crippen LogP contribution in [0.3, 0.4) is 0 Å². The number of aromatic nitrogens is 2. The summed E-state index contributed by atoms with van der Waals surface area (Å²) in [7, 11) is 0.